The molecule has 2 rings (SSSR count). The Morgan fingerprint density at radius 1 is 1.32 bits per heavy atom. The fourth-order valence-corrected chi connectivity index (χ4v) is 2.75. The molecule has 1 aromatic rings. The molecule has 1 aliphatic rings. The number of carboxylic acid groups (broad SMARTS) is 1. The molecular formula is C16H19N3O3. The van der Waals surface area contributed by atoms with Gasteiger partial charge >= 0.3 is 5.97 Å². The van der Waals surface area contributed by atoms with E-state index in [0.717, 1.165) is 12.8 Å². The van der Waals surface area contributed by atoms with E-state index in [1.807, 2.05) is 6.07 Å². The van der Waals surface area contributed by atoms with Gasteiger partial charge in [-0.05, 0) is 49.8 Å². The van der Waals surface area contributed by atoms with Gasteiger partial charge in [0.2, 0.25) is 0 Å². The summed E-state index contributed by atoms with van der Waals surface area (Å²) in [6, 6.07) is 6.57. The third kappa shape index (κ3) is 3.76. The average Bonchev–Trinajstić information content (AvgIpc) is 2.53. The second-order valence-electron chi connectivity index (χ2n) is 5.68. The van der Waals surface area contributed by atoms with Crippen LogP contribution in [-0.2, 0) is 4.79 Å². The number of aliphatic carboxylic acids is 1. The summed E-state index contributed by atoms with van der Waals surface area (Å²) >= 11 is 0. The van der Waals surface area contributed by atoms with Crippen LogP contribution in [0.15, 0.2) is 18.2 Å². The van der Waals surface area contributed by atoms with Gasteiger partial charge in [-0.2, -0.15) is 5.26 Å². The normalized spacial score (nSPS) is 20.9. The van der Waals surface area contributed by atoms with Crippen LogP contribution in [-0.4, -0.2) is 23.5 Å². The molecular weight excluding hydrogens is 282 g/mol. The van der Waals surface area contributed by atoms with Crippen LogP contribution in [0.5, 0.6) is 0 Å². The van der Waals surface area contributed by atoms with Crippen molar-refractivity contribution in [2.75, 3.05) is 12.3 Å². The number of nitrogens with one attached hydrogen (secondary N) is 1. The zero-order chi connectivity index (χ0) is 16.1. The van der Waals surface area contributed by atoms with Crippen LogP contribution < -0.4 is 11.1 Å². The Labute approximate surface area is 128 Å². The Morgan fingerprint density at radius 3 is 2.59 bits per heavy atom. The molecule has 1 aliphatic carbocycles. The van der Waals surface area contributed by atoms with E-state index >= 15 is 0 Å². The van der Waals surface area contributed by atoms with E-state index in [1.165, 1.54) is 6.07 Å². The minimum atomic E-state index is -0.728. The van der Waals surface area contributed by atoms with Crippen molar-refractivity contribution < 1.29 is 14.7 Å². The summed E-state index contributed by atoms with van der Waals surface area (Å²) in [7, 11) is 0. The molecule has 0 heterocycles. The van der Waals surface area contributed by atoms with E-state index in [-0.39, 0.29) is 17.4 Å². The van der Waals surface area contributed by atoms with E-state index in [4.69, 9.17) is 16.1 Å². The maximum atomic E-state index is 12.1. The second-order valence-corrected chi connectivity index (χ2v) is 5.68. The van der Waals surface area contributed by atoms with Crippen molar-refractivity contribution in [1.29, 1.82) is 5.26 Å². The van der Waals surface area contributed by atoms with Gasteiger partial charge in [0.15, 0.2) is 0 Å². The van der Waals surface area contributed by atoms with E-state index in [0.29, 0.717) is 36.6 Å². The third-order valence-electron chi connectivity index (χ3n) is 4.18. The summed E-state index contributed by atoms with van der Waals surface area (Å²) in [5.74, 6) is -0.906. The summed E-state index contributed by atoms with van der Waals surface area (Å²) in [5.41, 5.74) is 6.67. The van der Waals surface area contributed by atoms with Gasteiger partial charge in [0.1, 0.15) is 6.07 Å². The molecule has 0 spiro atoms. The lowest BCUT2D eigenvalue weighted by Gasteiger charge is -2.26. The molecule has 0 atom stereocenters. The highest BCUT2D eigenvalue weighted by Gasteiger charge is 2.26. The Morgan fingerprint density at radius 2 is 2.00 bits per heavy atom. The molecule has 6 heteroatoms. The quantitative estimate of drug-likeness (QED) is 0.733. The molecule has 1 amide bonds. The lowest BCUT2D eigenvalue weighted by Crippen LogP contribution is -2.32. The SMILES string of the molecule is N#Cc1cc(C(=O)NC[C@H]2CC[C@H](C(=O)O)CC2)ccc1N. The van der Waals surface area contributed by atoms with Crippen LogP contribution in [0.2, 0.25) is 0 Å². The smallest absolute Gasteiger partial charge is 0.306 e. The van der Waals surface area contributed by atoms with E-state index in [9.17, 15) is 9.59 Å². The van der Waals surface area contributed by atoms with Crippen LogP contribution in [0.25, 0.3) is 0 Å². The van der Waals surface area contributed by atoms with Crippen molar-refractivity contribution in [1.82, 2.24) is 5.32 Å². The first-order valence-corrected chi connectivity index (χ1v) is 7.32. The Kier molecular flexibility index (Phi) is 4.99. The number of nitrogen functional groups attached to an aromatic ring is 1. The molecule has 0 aliphatic heterocycles. The number of carbonyl (C=O) groups is 2. The van der Waals surface area contributed by atoms with Gasteiger partial charge in [0, 0.05) is 17.8 Å². The number of hydrogen-bond acceptors (Lipinski definition) is 4. The zero-order valence-corrected chi connectivity index (χ0v) is 12.2. The van der Waals surface area contributed by atoms with Gasteiger partial charge in [-0.1, -0.05) is 0 Å². The van der Waals surface area contributed by atoms with Crippen molar-refractivity contribution in [3.8, 4) is 6.07 Å². The molecule has 6 nitrogen and oxygen atoms in total. The highest BCUT2D eigenvalue weighted by Crippen LogP contribution is 2.28. The molecule has 116 valence electrons. The fourth-order valence-electron chi connectivity index (χ4n) is 2.75. The monoisotopic (exact) mass is 301 g/mol. The van der Waals surface area contributed by atoms with Crippen molar-refractivity contribution >= 4 is 17.6 Å². The summed E-state index contributed by atoms with van der Waals surface area (Å²) in [6.45, 7) is 0.525. The number of anilines is 1. The summed E-state index contributed by atoms with van der Waals surface area (Å²) in [6.07, 6.45) is 2.94. The second kappa shape index (κ2) is 6.94. The van der Waals surface area contributed by atoms with Gasteiger partial charge in [-0.3, -0.25) is 9.59 Å². The van der Waals surface area contributed by atoms with Gasteiger partial charge in [-0.15, -0.1) is 0 Å². The highest BCUT2D eigenvalue weighted by atomic mass is 16.4. The highest BCUT2D eigenvalue weighted by molar-refractivity contribution is 5.95. The van der Waals surface area contributed by atoms with Gasteiger partial charge < -0.3 is 16.2 Å². The van der Waals surface area contributed by atoms with Gasteiger partial charge in [0.25, 0.3) is 5.91 Å². The summed E-state index contributed by atoms with van der Waals surface area (Å²) < 4.78 is 0. The molecule has 1 fully saturated rings. The Hall–Kier alpha value is -2.55. The Bertz CT molecular complexity index is 614. The van der Waals surface area contributed by atoms with Crippen molar-refractivity contribution in [2.45, 2.75) is 25.7 Å². The first-order valence-electron chi connectivity index (χ1n) is 7.32. The van der Waals surface area contributed by atoms with Crippen molar-refractivity contribution in [3.63, 3.8) is 0 Å². The zero-order valence-electron chi connectivity index (χ0n) is 12.2. The number of hydrogen-bond donors (Lipinski definition) is 3. The predicted molar refractivity (Wildman–Crippen MR) is 81.0 cm³/mol. The molecule has 22 heavy (non-hydrogen) atoms. The fraction of sp³-hybridized carbons (Fsp3) is 0.438. The number of nitriles is 1. The number of rotatable bonds is 4. The standard InChI is InChI=1S/C16H19N3O3/c17-8-13-7-12(5-6-14(13)18)15(20)19-9-10-1-3-11(4-2-10)16(21)22/h5-7,10-11H,1-4,9,18H2,(H,19,20)(H,21,22)/t10-,11-. The minimum Gasteiger partial charge on any atom is -0.481 e. The van der Waals surface area contributed by atoms with Crippen LogP contribution >= 0.6 is 0 Å². The maximum absolute atomic E-state index is 12.1. The topological polar surface area (TPSA) is 116 Å². The summed E-state index contributed by atoms with van der Waals surface area (Å²) in [4.78, 5) is 23.0. The molecule has 0 unspecified atom stereocenters. The van der Waals surface area contributed by atoms with Crippen molar-refractivity contribution in [2.24, 2.45) is 11.8 Å². The van der Waals surface area contributed by atoms with Crippen LogP contribution in [0.4, 0.5) is 5.69 Å². The number of nitrogens with two attached hydrogens (primary N) is 1. The first kappa shape index (κ1) is 15.8. The molecule has 0 radical (unpaired) electrons. The molecule has 1 aromatic carbocycles. The number of carboxylic acids is 1. The van der Waals surface area contributed by atoms with E-state index < -0.39 is 5.97 Å². The largest absolute Gasteiger partial charge is 0.481 e. The lowest BCUT2D eigenvalue weighted by molar-refractivity contribution is -0.143. The molecule has 4 N–H and O–H groups in total. The Balaban J connectivity index is 1.86. The minimum absolute atomic E-state index is 0.239. The van der Waals surface area contributed by atoms with Gasteiger partial charge in [0.05, 0.1) is 11.5 Å². The first-order chi connectivity index (χ1) is 10.5. The third-order valence-corrected chi connectivity index (χ3v) is 4.18. The van der Waals surface area contributed by atoms with E-state index in [2.05, 4.69) is 5.32 Å². The number of carbonyl (C=O) groups excluding carboxylic acids is 1. The van der Waals surface area contributed by atoms with Crippen molar-refractivity contribution in [3.05, 3.63) is 29.3 Å². The van der Waals surface area contributed by atoms with Crippen LogP contribution in [0, 0.1) is 23.2 Å². The van der Waals surface area contributed by atoms with Gasteiger partial charge in [-0.25, -0.2) is 0 Å². The molecule has 1 saturated carbocycles. The molecule has 0 aromatic heterocycles. The van der Waals surface area contributed by atoms with Crippen LogP contribution in [0.3, 0.4) is 0 Å². The van der Waals surface area contributed by atoms with Crippen LogP contribution in [0.1, 0.15) is 41.6 Å². The number of benzene rings is 1. The molecule has 0 bridgehead atoms. The lowest BCUT2D eigenvalue weighted by atomic mass is 9.82. The number of nitrogens with zero attached hydrogens (tertiary/aromatic N) is 1. The maximum Gasteiger partial charge on any atom is 0.306 e. The molecule has 0 saturated heterocycles. The summed E-state index contributed by atoms with van der Waals surface area (Å²) in [5, 5.41) is 20.7. The van der Waals surface area contributed by atoms with E-state index in [1.54, 1.807) is 12.1 Å². The predicted octanol–water partition coefficient (Wildman–Crippen LogP) is 1.76. The number of amides is 1. The average molecular weight is 301 g/mol.